The molecule has 0 amide bonds. The third kappa shape index (κ3) is 9.59. The van der Waals surface area contributed by atoms with Crippen molar-refractivity contribution >= 4 is 0 Å². The van der Waals surface area contributed by atoms with Crippen LogP contribution in [0.3, 0.4) is 0 Å². The standard InChI is InChI=1S/C50H78F4O/c1-3-5-7-11-17-39-19-23-43(24-20-39)47(29-13-9-14-30-47)49(53)33-27-41(35-45(49)51)37-55-38-42-28-34-50(54,46(52)36-42)48(31-15-10-16-32-48)44-25-21-40(22-26-44)18-12-8-6-4-2/h27-28,33-36,39-44H,3-26,29-32,37-38H2,1-2H3/t39?,40?,41-,42-,43?,44?,49-,50-/m1/s1. The fourth-order valence-corrected chi connectivity index (χ4v) is 13.0. The zero-order valence-electron chi connectivity index (χ0n) is 35.1. The first-order valence-corrected chi connectivity index (χ1v) is 23.8. The molecule has 0 aromatic heterocycles. The van der Waals surface area contributed by atoms with E-state index in [1.807, 2.05) is 12.2 Å². The zero-order chi connectivity index (χ0) is 38.8. The van der Waals surface area contributed by atoms with Gasteiger partial charge in [-0.15, -0.1) is 0 Å². The first-order chi connectivity index (χ1) is 26.7. The van der Waals surface area contributed by atoms with Gasteiger partial charge in [-0.2, -0.15) is 0 Å². The Morgan fingerprint density at radius 1 is 0.527 bits per heavy atom. The molecule has 55 heavy (non-hydrogen) atoms. The maximum absolute atomic E-state index is 17.3. The second-order valence-electron chi connectivity index (χ2n) is 19.6. The van der Waals surface area contributed by atoms with Crippen molar-refractivity contribution in [1.82, 2.24) is 0 Å². The fourth-order valence-electron chi connectivity index (χ4n) is 13.0. The quantitative estimate of drug-likeness (QED) is 0.0766. The minimum absolute atomic E-state index is 0.197. The van der Waals surface area contributed by atoms with E-state index in [9.17, 15) is 0 Å². The highest BCUT2D eigenvalue weighted by Gasteiger charge is 2.60. The molecule has 0 unspecified atom stereocenters. The highest BCUT2D eigenvalue weighted by Crippen LogP contribution is 2.62. The van der Waals surface area contributed by atoms with E-state index in [4.69, 9.17) is 4.74 Å². The van der Waals surface area contributed by atoms with Gasteiger partial charge >= 0.3 is 0 Å². The molecule has 0 N–H and O–H groups in total. The van der Waals surface area contributed by atoms with Crippen LogP contribution in [0.5, 0.6) is 0 Å². The Kier molecular flexibility index (Phi) is 15.8. The van der Waals surface area contributed by atoms with Crippen LogP contribution in [-0.2, 0) is 4.74 Å². The van der Waals surface area contributed by atoms with Gasteiger partial charge in [-0.25, -0.2) is 17.6 Å². The SMILES string of the molecule is CCCCCCC1CCC(C2([C@@]3(F)C=C[C@@H](COC[C@@H]4C=C[C@](F)(C5(C6CCC(CCCCCC)CC6)CCCCC5)C(F)=C4)C=C3F)CCCCC2)CC1. The number of ether oxygens (including phenoxy) is 1. The molecule has 6 aliphatic carbocycles. The maximum atomic E-state index is 17.3. The van der Waals surface area contributed by atoms with E-state index in [1.165, 1.54) is 76.4 Å². The first kappa shape index (κ1) is 43.2. The maximum Gasteiger partial charge on any atom is 0.185 e. The molecule has 0 aliphatic heterocycles. The van der Waals surface area contributed by atoms with Crippen molar-refractivity contribution in [3.63, 3.8) is 0 Å². The Balaban J connectivity index is 1.03. The van der Waals surface area contributed by atoms with E-state index < -0.39 is 33.8 Å². The second-order valence-corrected chi connectivity index (χ2v) is 19.6. The molecule has 0 radical (unpaired) electrons. The van der Waals surface area contributed by atoms with Gasteiger partial charge in [0.1, 0.15) is 11.7 Å². The molecule has 0 heterocycles. The fraction of sp³-hybridized carbons (Fsp3) is 0.840. The summed E-state index contributed by atoms with van der Waals surface area (Å²) in [4.78, 5) is 0. The van der Waals surface area contributed by atoms with Crippen LogP contribution in [0.15, 0.2) is 48.1 Å². The Morgan fingerprint density at radius 2 is 0.909 bits per heavy atom. The van der Waals surface area contributed by atoms with Crippen LogP contribution in [0.4, 0.5) is 17.6 Å². The summed E-state index contributed by atoms with van der Waals surface area (Å²) in [5.74, 6) is -0.129. The average molecular weight is 771 g/mol. The summed E-state index contributed by atoms with van der Waals surface area (Å²) < 4.78 is 73.2. The molecule has 5 heteroatoms. The molecule has 6 rings (SSSR count). The summed E-state index contributed by atoms with van der Waals surface area (Å²) in [6.07, 6.45) is 40.3. The normalized spacial score (nSPS) is 36.3. The lowest BCUT2D eigenvalue weighted by Crippen LogP contribution is -2.52. The summed E-state index contributed by atoms with van der Waals surface area (Å²) in [5, 5.41) is 0. The average Bonchev–Trinajstić information content (AvgIpc) is 3.22. The monoisotopic (exact) mass is 771 g/mol. The molecule has 312 valence electrons. The van der Waals surface area contributed by atoms with Gasteiger partial charge in [0, 0.05) is 22.7 Å². The Hall–Kier alpha value is -1.36. The second kappa shape index (κ2) is 20.1. The van der Waals surface area contributed by atoms with Gasteiger partial charge in [-0.3, -0.25) is 0 Å². The van der Waals surface area contributed by atoms with Crippen molar-refractivity contribution in [2.75, 3.05) is 13.2 Å². The molecule has 0 aromatic rings. The molecule has 0 bridgehead atoms. The van der Waals surface area contributed by atoms with E-state index in [-0.39, 0.29) is 36.9 Å². The van der Waals surface area contributed by atoms with Crippen LogP contribution < -0.4 is 0 Å². The van der Waals surface area contributed by atoms with Crippen molar-refractivity contribution in [2.24, 2.45) is 46.3 Å². The minimum Gasteiger partial charge on any atom is -0.380 e. The molecule has 0 saturated heterocycles. The van der Waals surface area contributed by atoms with Gasteiger partial charge in [0.15, 0.2) is 11.3 Å². The van der Waals surface area contributed by atoms with Crippen molar-refractivity contribution in [3.05, 3.63) is 48.1 Å². The highest BCUT2D eigenvalue weighted by molar-refractivity contribution is 5.35. The van der Waals surface area contributed by atoms with Crippen LogP contribution in [0, 0.1) is 46.3 Å². The molecular formula is C50H78F4O. The smallest absolute Gasteiger partial charge is 0.185 e. The molecule has 4 atom stereocenters. The lowest BCUT2D eigenvalue weighted by Gasteiger charge is -2.53. The molecular weight excluding hydrogens is 693 g/mol. The molecule has 1 nitrogen and oxygen atoms in total. The lowest BCUT2D eigenvalue weighted by atomic mass is 9.53. The summed E-state index contributed by atoms with van der Waals surface area (Å²) in [7, 11) is 0. The number of halogens is 4. The van der Waals surface area contributed by atoms with Crippen molar-refractivity contribution in [1.29, 1.82) is 0 Å². The van der Waals surface area contributed by atoms with E-state index in [0.29, 0.717) is 0 Å². The van der Waals surface area contributed by atoms with Crippen molar-refractivity contribution < 1.29 is 22.3 Å². The Bertz CT molecular complexity index is 1190. The summed E-state index contributed by atoms with van der Waals surface area (Å²) in [5.41, 5.74) is -5.46. The summed E-state index contributed by atoms with van der Waals surface area (Å²) in [6, 6.07) is 0. The number of unbranched alkanes of at least 4 members (excludes halogenated alkanes) is 6. The third-order valence-electron chi connectivity index (χ3n) is 16.3. The van der Waals surface area contributed by atoms with E-state index >= 15 is 17.6 Å². The Morgan fingerprint density at radius 3 is 1.25 bits per heavy atom. The molecule has 0 aromatic carbocycles. The van der Waals surface area contributed by atoms with Crippen molar-refractivity contribution in [2.45, 2.75) is 205 Å². The lowest BCUT2D eigenvalue weighted by molar-refractivity contribution is -0.0591. The van der Waals surface area contributed by atoms with Gasteiger partial charge in [0.05, 0.1) is 13.2 Å². The number of alkyl halides is 2. The van der Waals surface area contributed by atoms with Crippen LogP contribution >= 0.6 is 0 Å². The van der Waals surface area contributed by atoms with Crippen LogP contribution in [0.1, 0.15) is 194 Å². The zero-order valence-corrected chi connectivity index (χ0v) is 35.1. The predicted octanol–water partition coefficient (Wildman–Crippen LogP) is 16.0. The van der Waals surface area contributed by atoms with Gasteiger partial charge in [-0.1, -0.05) is 154 Å². The predicted molar refractivity (Wildman–Crippen MR) is 222 cm³/mol. The molecule has 4 saturated carbocycles. The summed E-state index contributed by atoms with van der Waals surface area (Å²) in [6.45, 7) is 4.90. The molecule has 6 aliphatic rings. The third-order valence-corrected chi connectivity index (χ3v) is 16.3. The highest BCUT2D eigenvalue weighted by atomic mass is 19.2. The summed E-state index contributed by atoms with van der Waals surface area (Å²) >= 11 is 0. The van der Waals surface area contributed by atoms with Crippen LogP contribution in [0.25, 0.3) is 0 Å². The molecule has 4 fully saturated rings. The van der Waals surface area contributed by atoms with Gasteiger partial charge in [0.2, 0.25) is 0 Å². The van der Waals surface area contributed by atoms with E-state index in [0.717, 1.165) is 127 Å². The van der Waals surface area contributed by atoms with E-state index in [1.54, 1.807) is 12.2 Å². The number of hydrogen-bond acceptors (Lipinski definition) is 1. The largest absolute Gasteiger partial charge is 0.380 e. The number of hydrogen-bond donors (Lipinski definition) is 0. The van der Waals surface area contributed by atoms with Gasteiger partial charge < -0.3 is 4.74 Å². The van der Waals surface area contributed by atoms with Gasteiger partial charge in [-0.05, 0) is 99.3 Å². The number of rotatable bonds is 18. The van der Waals surface area contributed by atoms with Crippen LogP contribution in [-0.4, -0.2) is 24.6 Å². The van der Waals surface area contributed by atoms with E-state index in [2.05, 4.69) is 13.8 Å². The van der Waals surface area contributed by atoms with Gasteiger partial charge in [0.25, 0.3) is 0 Å². The number of allylic oxidation sites excluding steroid dienone is 4. The molecule has 0 spiro atoms. The van der Waals surface area contributed by atoms with Crippen LogP contribution in [0.2, 0.25) is 0 Å². The Labute approximate surface area is 334 Å². The first-order valence-electron chi connectivity index (χ1n) is 23.8. The van der Waals surface area contributed by atoms with Crippen molar-refractivity contribution in [3.8, 4) is 0 Å². The topological polar surface area (TPSA) is 9.23 Å². The minimum atomic E-state index is -2.06.